The molecule has 0 aliphatic carbocycles. The van der Waals surface area contributed by atoms with Gasteiger partial charge in [0, 0.05) is 22.6 Å². The van der Waals surface area contributed by atoms with E-state index in [2.05, 4.69) is 31.2 Å². The van der Waals surface area contributed by atoms with E-state index in [1.807, 2.05) is 0 Å². The Hall–Kier alpha value is -3.26. The molecule has 5 nitrogen and oxygen atoms in total. The van der Waals surface area contributed by atoms with Crippen LogP contribution in [-0.4, -0.2) is 27.2 Å². The molecule has 2 heterocycles. The van der Waals surface area contributed by atoms with Gasteiger partial charge in [0.05, 0.1) is 16.7 Å². The molecule has 0 amide bonds. The Kier molecular flexibility index (Phi) is 7.16. The number of aromatic nitrogens is 1. The van der Waals surface area contributed by atoms with Crippen molar-refractivity contribution in [2.45, 2.75) is 18.4 Å². The molecule has 14 heteroatoms. The summed E-state index contributed by atoms with van der Waals surface area (Å²) in [7, 11) is 0. The van der Waals surface area contributed by atoms with Crippen LogP contribution in [0.3, 0.4) is 0 Å². The molecular formula is C23H13BrF7N3O2S. The van der Waals surface area contributed by atoms with Crippen molar-refractivity contribution in [2.75, 3.05) is 5.33 Å². The zero-order valence-corrected chi connectivity index (χ0v) is 20.5. The van der Waals surface area contributed by atoms with Gasteiger partial charge in [-0.05, 0) is 47.0 Å². The molecule has 2 aromatic carbocycles. The highest BCUT2D eigenvalue weighted by Gasteiger charge is 2.38. The second kappa shape index (κ2) is 9.89. The minimum absolute atomic E-state index is 0.00611. The molecule has 0 fully saturated rings. The third-order valence-electron chi connectivity index (χ3n) is 5.33. The van der Waals surface area contributed by atoms with Gasteiger partial charge in [0.2, 0.25) is 0 Å². The third-order valence-corrected chi connectivity index (χ3v) is 6.67. The predicted molar refractivity (Wildman–Crippen MR) is 125 cm³/mol. The van der Waals surface area contributed by atoms with Gasteiger partial charge in [-0.25, -0.2) is 14.2 Å². The zero-order chi connectivity index (χ0) is 27.1. The van der Waals surface area contributed by atoms with Crippen molar-refractivity contribution in [1.82, 2.24) is 10.3 Å². The van der Waals surface area contributed by atoms with Gasteiger partial charge in [0.15, 0.2) is 10.8 Å². The number of amidine groups is 1. The number of carboxylic acids is 1. The third kappa shape index (κ3) is 5.54. The van der Waals surface area contributed by atoms with E-state index in [1.54, 1.807) is 5.38 Å². The number of aliphatic carboxylic acids is 1. The van der Waals surface area contributed by atoms with E-state index in [4.69, 9.17) is 0 Å². The van der Waals surface area contributed by atoms with E-state index in [0.29, 0.717) is 17.1 Å². The maximum absolute atomic E-state index is 14.3. The Morgan fingerprint density at radius 2 is 1.70 bits per heavy atom. The summed E-state index contributed by atoms with van der Waals surface area (Å²) >= 11 is 4.34. The Morgan fingerprint density at radius 1 is 1.05 bits per heavy atom. The number of carbonyl (C=O) groups is 1. The van der Waals surface area contributed by atoms with Crippen molar-refractivity contribution in [3.05, 3.63) is 86.8 Å². The van der Waals surface area contributed by atoms with Crippen molar-refractivity contribution in [2.24, 2.45) is 4.99 Å². The first kappa shape index (κ1) is 26.8. The number of alkyl halides is 7. The number of hydrogen-bond acceptors (Lipinski definition) is 5. The normalized spacial score (nSPS) is 16.4. The van der Waals surface area contributed by atoms with Gasteiger partial charge in [-0.15, -0.1) is 11.3 Å². The fourth-order valence-corrected chi connectivity index (χ4v) is 4.78. The molecule has 37 heavy (non-hydrogen) atoms. The summed E-state index contributed by atoms with van der Waals surface area (Å²) < 4.78 is 95.3. The molecule has 3 aromatic rings. The second-order valence-electron chi connectivity index (χ2n) is 7.70. The number of rotatable bonds is 5. The number of nitrogens with one attached hydrogen (secondary N) is 1. The lowest BCUT2D eigenvalue weighted by Gasteiger charge is -2.27. The van der Waals surface area contributed by atoms with Crippen LogP contribution in [0.1, 0.15) is 27.7 Å². The largest absolute Gasteiger partial charge is 0.478 e. The number of aliphatic imine (C=N–C) groups is 1. The van der Waals surface area contributed by atoms with Gasteiger partial charge >= 0.3 is 18.3 Å². The van der Waals surface area contributed by atoms with Gasteiger partial charge < -0.3 is 10.4 Å². The van der Waals surface area contributed by atoms with Gasteiger partial charge in [0.25, 0.3) is 0 Å². The molecule has 0 saturated heterocycles. The lowest BCUT2D eigenvalue weighted by atomic mass is 9.88. The van der Waals surface area contributed by atoms with Crippen molar-refractivity contribution >= 4 is 39.1 Å². The van der Waals surface area contributed by atoms with Crippen LogP contribution in [0.15, 0.2) is 64.2 Å². The lowest BCUT2D eigenvalue weighted by molar-refractivity contribution is -0.143. The highest BCUT2D eigenvalue weighted by atomic mass is 79.9. The Balaban J connectivity index is 2.01. The molecule has 1 aliphatic rings. The Morgan fingerprint density at radius 3 is 2.22 bits per heavy atom. The van der Waals surface area contributed by atoms with Crippen LogP contribution in [0.5, 0.6) is 0 Å². The van der Waals surface area contributed by atoms with Crippen molar-refractivity contribution in [3.63, 3.8) is 0 Å². The lowest BCUT2D eigenvalue weighted by Crippen LogP contribution is -2.34. The maximum Gasteiger partial charge on any atom is 0.416 e. The summed E-state index contributed by atoms with van der Waals surface area (Å²) in [6.45, 7) is 0. The SMILES string of the molecule is O=C(O)C1=C(CBr)NC(c2nccs2)=NC1c1ccc(F)cc1-c1cc(C(F)(F)F)cc(C(F)(F)F)c1. The van der Waals surface area contributed by atoms with Crippen molar-refractivity contribution < 1.29 is 40.6 Å². The number of carboxylic acid groups (broad SMARTS) is 1. The minimum Gasteiger partial charge on any atom is -0.478 e. The number of halogens is 8. The van der Waals surface area contributed by atoms with Crippen LogP contribution in [0.4, 0.5) is 30.7 Å². The van der Waals surface area contributed by atoms with Crippen LogP contribution in [0.2, 0.25) is 0 Å². The van der Waals surface area contributed by atoms with Crippen molar-refractivity contribution in [3.8, 4) is 11.1 Å². The summed E-state index contributed by atoms with van der Waals surface area (Å²) in [6.07, 6.45) is -8.80. The molecular weight excluding hydrogens is 595 g/mol. The summed E-state index contributed by atoms with van der Waals surface area (Å²) in [5.74, 6) is -2.26. The molecule has 0 radical (unpaired) electrons. The van der Waals surface area contributed by atoms with Gasteiger partial charge in [-0.1, -0.05) is 22.0 Å². The molecule has 2 N–H and O–H groups in total. The zero-order valence-electron chi connectivity index (χ0n) is 18.1. The van der Waals surface area contributed by atoms with Crippen LogP contribution in [0, 0.1) is 5.82 Å². The maximum atomic E-state index is 14.3. The molecule has 1 aliphatic heterocycles. The highest BCUT2D eigenvalue weighted by Crippen LogP contribution is 2.42. The van der Waals surface area contributed by atoms with Crippen LogP contribution < -0.4 is 5.32 Å². The average Bonchev–Trinajstić information content (AvgIpc) is 3.37. The van der Waals surface area contributed by atoms with Gasteiger partial charge in [-0.2, -0.15) is 26.3 Å². The topological polar surface area (TPSA) is 74.6 Å². The second-order valence-corrected chi connectivity index (χ2v) is 9.15. The Labute approximate surface area is 216 Å². The molecule has 194 valence electrons. The summed E-state index contributed by atoms with van der Waals surface area (Å²) in [4.78, 5) is 20.7. The molecule has 1 unspecified atom stereocenters. The minimum atomic E-state index is -5.14. The first-order chi connectivity index (χ1) is 17.3. The van der Waals surface area contributed by atoms with E-state index in [-0.39, 0.29) is 39.6 Å². The van der Waals surface area contributed by atoms with E-state index < -0.39 is 46.9 Å². The van der Waals surface area contributed by atoms with E-state index in [1.165, 1.54) is 6.20 Å². The molecule has 1 aromatic heterocycles. The number of benzene rings is 2. The van der Waals surface area contributed by atoms with Crippen LogP contribution >= 0.6 is 27.3 Å². The molecule has 0 spiro atoms. The molecule has 0 bridgehead atoms. The fourth-order valence-electron chi connectivity index (χ4n) is 3.75. The van der Waals surface area contributed by atoms with E-state index in [9.17, 15) is 40.6 Å². The summed E-state index contributed by atoms with van der Waals surface area (Å²) in [5.41, 5.74) is -4.48. The van der Waals surface area contributed by atoms with E-state index >= 15 is 0 Å². The number of thiazole rings is 1. The first-order valence-electron chi connectivity index (χ1n) is 10.2. The van der Waals surface area contributed by atoms with Gasteiger partial charge in [0.1, 0.15) is 11.9 Å². The average molecular weight is 608 g/mol. The van der Waals surface area contributed by atoms with Crippen LogP contribution in [-0.2, 0) is 17.1 Å². The monoisotopic (exact) mass is 607 g/mol. The summed E-state index contributed by atoms with van der Waals surface area (Å²) in [5, 5.41) is 14.8. The van der Waals surface area contributed by atoms with Crippen LogP contribution in [0.25, 0.3) is 11.1 Å². The highest BCUT2D eigenvalue weighted by molar-refractivity contribution is 9.09. The fraction of sp³-hybridized carbons (Fsp3) is 0.174. The number of hydrogen-bond donors (Lipinski definition) is 2. The molecule has 0 saturated carbocycles. The van der Waals surface area contributed by atoms with Gasteiger partial charge in [-0.3, -0.25) is 4.99 Å². The Bertz CT molecular complexity index is 1380. The summed E-state index contributed by atoms with van der Waals surface area (Å²) in [6, 6.07) is 2.21. The number of allylic oxidation sites excluding steroid dienone is 1. The molecule has 1 atom stereocenters. The molecule has 4 rings (SSSR count). The number of nitrogens with zero attached hydrogens (tertiary/aromatic N) is 2. The predicted octanol–water partition coefficient (Wildman–Crippen LogP) is 6.81. The first-order valence-corrected chi connectivity index (χ1v) is 12.2. The quantitative estimate of drug-likeness (QED) is 0.247. The standard InChI is InChI=1S/C23H13BrF7N3O2S/c24-9-16-17(21(35)36)18(34-19(33-16)20-32-3-4-37-20)14-2-1-13(25)8-15(14)10-5-11(22(26,27)28)7-12(6-10)23(29,30)31/h1-8,18H,9H2,(H,33,34)(H,35,36). The van der Waals surface area contributed by atoms with E-state index in [0.717, 1.165) is 29.5 Å². The van der Waals surface area contributed by atoms with Crippen molar-refractivity contribution in [1.29, 1.82) is 0 Å². The smallest absolute Gasteiger partial charge is 0.416 e.